The number of anilines is 1. The molecule has 1 amide bonds. The van der Waals surface area contributed by atoms with Gasteiger partial charge in [0.1, 0.15) is 0 Å². The molecule has 0 radical (unpaired) electrons. The summed E-state index contributed by atoms with van der Waals surface area (Å²) in [4.78, 5) is 25.8. The Hall–Kier alpha value is -3.48. The number of rotatable bonds is 3. The van der Waals surface area contributed by atoms with Crippen LogP contribution in [-0.4, -0.2) is 21.0 Å². The van der Waals surface area contributed by atoms with Crippen molar-refractivity contribution in [1.82, 2.24) is 10.2 Å². The number of hydrogen-bond donors (Lipinski definition) is 1. The van der Waals surface area contributed by atoms with Crippen LogP contribution in [-0.2, 0) is 0 Å². The number of carbonyl (C=O) groups excluding carboxylic acids is 1. The van der Waals surface area contributed by atoms with Crippen molar-refractivity contribution < 1.29 is 9.72 Å². The number of fused-ring (bicyclic) bond motifs is 1. The lowest BCUT2D eigenvalue weighted by atomic mass is 9.97. The quantitative estimate of drug-likeness (QED) is 0.577. The zero-order valence-electron chi connectivity index (χ0n) is 14.3. The van der Waals surface area contributed by atoms with Crippen molar-refractivity contribution in [3.05, 3.63) is 86.7 Å². The van der Waals surface area contributed by atoms with E-state index < -0.39 is 11.0 Å². The normalized spacial score (nSPS) is 16.0. The molecule has 4 rings (SSSR count). The first-order chi connectivity index (χ1) is 12.5. The molecule has 26 heavy (non-hydrogen) atoms. The van der Waals surface area contributed by atoms with E-state index in [9.17, 15) is 14.9 Å². The molecule has 130 valence electrons. The Kier molecular flexibility index (Phi) is 3.57. The van der Waals surface area contributed by atoms with Gasteiger partial charge < -0.3 is 0 Å². The smallest absolute Gasteiger partial charge is 0.280 e. The number of aromatic nitrogens is 2. The van der Waals surface area contributed by atoms with Crippen molar-refractivity contribution in [3.63, 3.8) is 0 Å². The number of aromatic amines is 1. The number of amides is 1. The Bertz CT molecular complexity index is 1020. The molecular weight excluding hydrogens is 332 g/mol. The van der Waals surface area contributed by atoms with E-state index in [1.807, 2.05) is 38.1 Å². The average molecular weight is 348 g/mol. The highest BCUT2D eigenvalue weighted by molar-refractivity contribution is 6.10. The van der Waals surface area contributed by atoms with Crippen LogP contribution in [0.4, 0.5) is 11.4 Å². The van der Waals surface area contributed by atoms with Gasteiger partial charge in [0.25, 0.3) is 11.6 Å². The van der Waals surface area contributed by atoms with E-state index in [4.69, 9.17) is 0 Å². The van der Waals surface area contributed by atoms with Crippen molar-refractivity contribution in [3.8, 4) is 0 Å². The molecule has 3 aromatic rings. The van der Waals surface area contributed by atoms with Crippen LogP contribution in [0.2, 0.25) is 0 Å². The van der Waals surface area contributed by atoms with Crippen LogP contribution in [0.15, 0.2) is 48.5 Å². The van der Waals surface area contributed by atoms with E-state index in [1.54, 1.807) is 23.1 Å². The third kappa shape index (κ3) is 2.28. The van der Waals surface area contributed by atoms with Crippen LogP contribution >= 0.6 is 0 Å². The fourth-order valence-electron chi connectivity index (χ4n) is 3.45. The molecule has 2 heterocycles. The highest BCUT2D eigenvalue weighted by Gasteiger charge is 2.44. The summed E-state index contributed by atoms with van der Waals surface area (Å²) in [5.41, 5.74) is 3.92. The minimum Gasteiger partial charge on any atom is -0.295 e. The maximum atomic E-state index is 13.0. The molecule has 0 spiro atoms. The largest absolute Gasteiger partial charge is 0.295 e. The zero-order chi connectivity index (χ0) is 18.4. The van der Waals surface area contributed by atoms with Crippen LogP contribution in [0, 0.1) is 24.0 Å². The number of carbonyl (C=O) groups is 1. The standard InChI is InChI=1S/C19H16N4O3/c1-11-7-9-13(10-8-11)22-18(14-5-3-4-6-15(14)23(25)26)16-12(2)20-21-17(16)19(22)24/h3-10,18H,1-2H3,(H,20,21). The minimum absolute atomic E-state index is 0.0177. The first-order valence-corrected chi connectivity index (χ1v) is 8.17. The Balaban J connectivity index is 1.96. The molecule has 2 aromatic carbocycles. The summed E-state index contributed by atoms with van der Waals surface area (Å²) in [6, 6.07) is 13.4. The number of aryl methyl sites for hydroxylation is 2. The Morgan fingerprint density at radius 3 is 2.50 bits per heavy atom. The minimum atomic E-state index is -0.597. The molecule has 1 unspecified atom stereocenters. The van der Waals surface area contributed by atoms with Crippen molar-refractivity contribution >= 4 is 17.3 Å². The number of nitrogens with zero attached hydrogens (tertiary/aromatic N) is 3. The number of hydrogen-bond acceptors (Lipinski definition) is 4. The van der Waals surface area contributed by atoms with Crippen LogP contribution < -0.4 is 4.90 Å². The van der Waals surface area contributed by atoms with Gasteiger partial charge in [-0.3, -0.25) is 24.9 Å². The predicted octanol–water partition coefficient (Wildman–Crippen LogP) is 3.68. The highest BCUT2D eigenvalue weighted by atomic mass is 16.6. The van der Waals surface area contributed by atoms with Gasteiger partial charge in [0, 0.05) is 23.0 Å². The van der Waals surface area contributed by atoms with Crippen LogP contribution in [0.5, 0.6) is 0 Å². The second-order valence-corrected chi connectivity index (χ2v) is 6.34. The molecule has 0 bridgehead atoms. The van der Waals surface area contributed by atoms with Crippen LogP contribution in [0.1, 0.15) is 38.9 Å². The number of benzene rings is 2. The summed E-state index contributed by atoms with van der Waals surface area (Å²) in [6.07, 6.45) is 0. The number of nitrogens with one attached hydrogen (secondary N) is 1. The Labute approximate surface area is 149 Å². The first kappa shape index (κ1) is 16.0. The molecule has 0 saturated heterocycles. The van der Waals surface area contributed by atoms with Crippen molar-refractivity contribution in [1.29, 1.82) is 0 Å². The van der Waals surface area contributed by atoms with Gasteiger partial charge in [-0.1, -0.05) is 29.8 Å². The van der Waals surface area contributed by atoms with E-state index in [2.05, 4.69) is 10.2 Å². The molecule has 1 aromatic heterocycles. The topological polar surface area (TPSA) is 92.1 Å². The summed E-state index contributed by atoms with van der Waals surface area (Å²) in [6.45, 7) is 3.78. The second-order valence-electron chi connectivity index (χ2n) is 6.34. The summed E-state index contributed by atoms with van der Waals surface area (Å²) >= 11 is 0. The molecule has 0 saturated carbocycles. The Morgan fingerprint density at radius 1 is 1.12 bits per heavy atom. The second kappa shape index (κ2) is 5.80. The van der Waals surface area contributed by atoms with Crippen LogP contribution in [0.3, 0.4) is 0 Å². The maximum absolute atomic E-state index is 13.0. The van der Waals surface area contributed by atoms with E-state index in [0.29, 0.717) is 22.5 Å². The lowest BCUT2D eigenvalue weighted by molar-refractivity contribution is -0.385. The summed E-state index contributed by atoms with van der Waals surface area (Å²) in [5, 5.41) is 18.5. The van der Waals surface area contributed by atoms with Gasteiger partial charge in [0.2, 0.25) is 0 Å². The number of para-hydroxylation sites is 1. The van der Waals surface area contributed by atoms with Gasteiger partial charge >= 0.3 is 0 Å². The molecule has 7 nitrogen and oxygen atoms in total. The molecule has 0 aliphatic carbocycles. The summed E-state index contributed by atoms with van der Waals surface area (Å²) in [7, 11) is 0. The molecule has 1 aliphatic rings. The van der Waals surface area contributed by atoms with Crippen LogP contribution in [0.25, 0.3) is 0 Å². The fraction of sp³-hybridized carbons (Fsp3) is 0.158. The summed E-state index contributed by atoms with van der Waals surface area (Å²) in [5.74, 6) is -0.267. The number of nitro groups is 1. The van der Waals surface area contributed by atoms with E-state index >= 15 is 0 Å². The SMILES string of the molecule is Cc1ccc(N2C(=O)c3n[nH]c(C)c3C2c2ccccc2[N+](=O)[O-])cc1. The van der Waals surface area contributed by atoms with Gasteiger partial charge in [0.05, 0.1) is 16.5 Å². The van der Waals surface area contributed by atoms with Gasteiger partial charge in [-0.25, -0.2) is 0 Å². The first-order valence-electron chi connectivity index (χ1n) is 8.17. The molecular formula is C19H16N4O3. The fourth-order valence-corrected chi connectivity index (χ4v) is 3.45. The van der Waals surface area contributed by atoms with E-state index in [0.717, 1.165) is 11.3 Å². The van der Waals surface area contributed by atoms with Crippen molar-refractivity contribution in [2.45, 2.75) is 19.9 Å². The van der Waals surface area contributed by atoms with Crippen molar-refractivity contribution in [2.75, 3.05) is 4.90 Å². The molecule has 0 fully saturated rings. The van der Waals surface area contributed by atoms with E-state index in [-0.39, 0.29) is 11.6 Å². The number of H-pyrrole nitrogens is 1. The average Bonchev–Trinajstić information content (AvgIpc) is 3.14. The van der Waals surface area contributed by atoms with Gasteiger partial charge in [-0.2, -0.15) is 5.10 Å². The van der Waals surface area contributed by atoms with Gasteiger partial charge in [0.15, 0.2) is 5.69 Å². The number of nitro benzene ring substituents is 1. The Morgan fingerprint density at radius 2 is 1.81 bits per heavy atom. The molecule has 1 aliphatic heterocycles. The molecule has 1 N–H and O–H groups in total. The maximum Gasteiger partial charge on any atom is 0.280 e. The summed E-state index contributed by atoms with van der Waals surface area (Å²) < 4.78 is 0. The monoisotopic (exact) mass is 348 g/mol. The lowest BCUT2D eigenvalue weighted by Gasteiger charge is -2.26. The molecule has 1 atom stereocenters. The predicted molar refractivity (Wildman–Crippen MR) is 96.3 cm³/mol. The third-order valence-corrected chi connectivity index (χ3v) is 4.69. The van der Waals surface area contributed by atoms with Gasteiger partial charge in [-0.15, -0.1) is 0 Å². The third-order valence-electron chi connectivity index (χ3n) is 4.69. The molecule has 7 heteroatoms. The lowest BCUT2D eigenvalue weighted by Crippen LogP contribution is -2.29. The highest BCUT2D eigenvalue weighted by Crippen LogP contribution is 2.44. The van der Waals surface area contributed by atoms with Gasteiger partial charge in [-0.05, 0) is 32.0 Å². The zero-order valence-corrected chi connectivity index (χ0v) is 14.3. The van der Waals surface area contributed by atoms with Crippen molar-refractivity contribution in [2.24, 2.45) is 0 Å². The van der Waals surface area contributed by atoms with E-state index in [1.165, 1.54) is 6.07 Å².